The number of aryl methyl sites for hydroxylation is 1. The van der Waals surface area contributed by atoms with Crippen LogP contribution in [0.1, 0.15) is 22.4 Å². The maximum absolute atomic E-state index is 13.1. The average molecular weight is 249 g/mol. The first kappa shape index (κ1) is 10.9. The van der Waals surface area contributed by atoms with Crippen LogP contribution in [0.5, 0.6) is 0 Å². The van der Waals surface area contributed by atoms with Crippen molar-refractivity contribution in [2.75, 3.05) is 0 Å². The van der Waals surface area contributed by atoms with Crippen molar-refractivity contribution in [3.63, 3.8) is 0 Å². The molecule has 4 heteroatoms. The van der Waals surface area contributed by atoms with Gasteiger partial charge in [0.15, 0.2) is 0 Å². The number of rotatable bonds is 2. The molecule has 0 saturated heterocycles. The average Bonchev–Trinajstić information content (AvgIpc) is 2.88. The standard InChI is InChI=1S/C13H12FNOS/c14-10-1-2-12-9(5-10)3-4-13(12,16)6-11-7-15-8-17-11/h1-2,5,7-8,16H,3-4,6H2. The summed E-state index contributed by atoms with van der Waals surface area (Å²) >= 11 is 1.54. The van der Waals surface area contributed by atoms with E-state index in [2.05, 4.69) is 4.98 Å². The van der Waals surface area contributed by atoms with Crippen LogP contribution in [0, 0.1) is 5.82 Å². The van der Waals surface area contributed by atoms with Crippen molar-refractivity contribution in [2.24, 2.45) is 0 Å². The molecule has 0 aliphatic heterocycles. The van der Waals surface area contributed by atoms with E-state index in [0.717, 1.165) is 22.4 Å². The molecule has 1 unspecified atom stereocenters. The van der Waals surface area contributed by atoms with E-state index in [1.165, 1.54) is 12.1 Å². The topological polar surface area (TPSA) is 33.1 Å². The van der Waals surface area contributed by atoms with Crippen molar-refractivity contribution < 1.29 is 9.50 Å². The van der Waals surface area contributed by atoms with Crippen molar-refractivity contribution in [3.05, 3.63) is 51.7 Å². The number of nitrogens with zero attached hydrogens (tertiary/aromatic N) is 1. The minimum absolute atomic E-state index is 0.231. The van der Waals surface area contributed by atoms with Gasteiger partial charge >= 0.3 is 0 Å². The Morgan fingerprint density at radius 2 is 2.35 bits per heavy atom. The SMILES string of the molecule is OC1(Cc2cncs2)CCc2cc(F)ccc21. The Bertz CT molecular complexity index is 540. The summed E-state index contributed by atoms with van der Waals surface area (Å²) in [5.41, 5.74) is 2.71. The van der Waals surface area contributed by atoms with E-state index < -0.39 is 5.60 Å². The van der Waals surface area contributed by atoms with E-state index in [1.807, 2.05) is 0 Å². The van der Waals surface area contributed by atoms with Gasteiger partial charge in [0, 0.05) is 17.5 Å². The number of hydrogen-bond acceptors (Lipinski definition) is 3. The predicted octanol–water partition coefficient (Wildman–Crippen LogP) is 2.66. The van der Waals surface area contributed by atoms with Crippen molar-refractivity contribution in [1.29, 1.82) is 0 Å². The summed E-state index contributed by atoms with van der Waals surface area (Å²) in [6.45, 7) is 0. The quantitative estimate of drug-likeness (QED) is 0.887. The Balaban J connectivity index is 1.96. The normalized spacial score (nSPS) is 22.7. The first-order valence-corrected chi connectivity index (χ1v) is 6.44. The van der Waals surface area contributed by atoms with Crippen LogP contribution >= 0.6 is 11.3 Å². The molecule has 1 aromatic carbocycles. The lowest BCUT2D eigenvalue weighted by Crippen LogP contribution is -2.24. The number of hydrogen-bond donors (Lipinski definition) is 1. The number of benzene rings is 1. The molecule has 1 atom stereocenters. The zero-order chi connectivity index (χ0) is 11.9. The largest absolute Gasteiger partial charge is 0.385 e. The second-order valence-electron chi connectivity index (χ2n) is 4.48. The minimum Gasteiger partial charge on any atom is -0.385 e. The summed E-state index contributed by atoms with van der Waals surface area (Å²) in [5, 5.41) is 10.7. The summed E-state index contributed by atoms with van der Waals surface area (Å²) in [7, 11) is 0. The highest BCUT2D eigenvalue weighted by atomic mass is 32.1. The highest BCUT2D eigenvalue weighted by Gasteiger charge is 2.37. The second-order valence-corrected chi connectivity index (χ2v) is 5.45. The third kappa shape index (κ3) is 1.87. The van der Waals surface area contributed by atoms with Gasteiger partial charge < -0.3 is 5.11 Å². The Morgan fingerprint density at radius 1 is 1.47 bits per heavy atom. The third-order valence-corrected chi connectivity index (χ3v) is 4.11. The van der Waals surface area contributed by atoms with Crippen LogP contribution in [0.3, 0.4) is 0 Å². The molecule has 1 N–H and O–H groups in total. The van der Waals surface area contributed by atoms with Gasteiger partial charge in [-0.05, 0) is 36.1 Å². The van der Waals surface area contributed by atoms with Gasteiger partial charge in [0.1, 0.15) is 5.82 Å². The first-order valence-electron chi connectivity index (χ1n) is 5.56. The first-order chi connectivity index (χ1) is 8.17. The van der Waals surface area contributed by atoms with Crippen LogP contribution in [0.4, 0.5) is 4.39 Å². The number of fused-ring (bicyclic) bond motifs is 1. The van der Waals surface area contributed by atoms with Crippen LogP contribution in [-0.4, -0.2) is 10.1 Å². The van der Waals surface area contributed by atoms with E-state index >= 15 is 0 Å². The van der Waals surface area contributed by atoms with E-state index in [4.69, 9.17) is 0 Å². The molecular formula is C13H12FNOS. The fraction of sp³-hybridized carbons (Fsp3) is 0.308. The molecule has 1 aliphatic rings. The lowest BCUT2D eigenvalue weighted by molar-refractivity contribution is 0.0397. The molecule has 1 aliphatic carbocycles. The van der Waals surface area contributed by atoms with Crippen molar-refractivity contribution in [2.45, 2.75) is 24.9 Å². The van der Waals surface area contributed by atoms with Gasteiger partial charge in [-0.3, -0.25) is 4.98 Å². The minimum atomic E-state index is -0.852. The molecule has 0 radical (unpaired) electrons. The Morgan fingerprint density at radius 3 is 3.12 bits per heavy atom. The number of aliphatic hydroxyl groups is 1. The van der Waals surface area contributed by atoms with Crippen molar-refractivity contribution >= 4 is 11.3 Å². The zero-order valence-corrected chi connectivity index (χ0v) is 10.0. The number of thiazole rings is 1. The summed E-state index contributed by atoms with van der Waals surface area (Å²) in [6, 6.07) is 4.65. The highest BCUT2D eigenvalue weighted by molar-refractivity contribution is 7.09. The van der Waals surface area contributed by atoms with Crippen molar-refractivity contribution in [3.8, 4) is 0 Å². The Kier molecular flexibility index (Phi) is 2.49. The van der Waals surface area contributed by atoms with Gasteiger partial charge in [0.05, 0.1) is 11.1 Å². The molecule has 0 bridgehead atoms. The van der Waals surface area contributed by atoms with Crippen LogP contribution in [-0.2, 0) is 18.4 Å². The van der Waals surface area contributed by atoms with Gasteiger partial charge in [-0.25, -0.2) is 4.39 Å². The number of halogens is 1. The van der Waals surface area contributed by atoms with Crippen LogP contribution in [0.15, 0.2) is 29.9 Å². The Hall–Kier alpha value is -1.26. The zero-order valence-electron chi connectivity index (χ0n) is 9.19. The maximum Gasteiger partial charge on any atom is 0.123 e. The molecule has 0 fully saturated rings. The van der Waals surface area contributed by atoms with E-state index in [-0.39, 0.29) is 5.82 Å². The monoisotopic (exact) mass is 249 g/mol. The van der Waals surface area contributed by atoms with Crippen molar-refractivity contribution in [1.82, 2.24) is 4.98 Å². The summed E-state index contributed by atoms with van der Waals surface area (Å²) in [4.78, 5) is 5.07. The maximum atomic E-state index is 13.1. The van der Waals surface area contributed by atoms with E-state index in [0.29, 0.717) is 12.8 Å². The number of aromatic nitrogens is 1. The summed E-state index contributed by atoms with van der Waals surface area (Å²) < 4.78 is 13.1. The van der Waals surface area contributed by atoms with Crippen LogP contribution in [0.25, 0.3) is 0 Å². The summed E-state index contributed by atoms with van der Waals surface area (Å²) in [6.07, 6.45) is 3.74. The molecule has 1 aromatic heterocycles. The molecule has 0 saturated carbocycles. The van der Waals surface area contributed by atoms with Crippen LogP contribution in [0.2, 0.25) is 0 Å². The highest BCUT2D eigenvalue weighted by Crippen LogP contribution is 2.40. The van der Waals surface area contributed by atoms with Gasteiger partial charge in [0.25, 0.3) is 0 Å². The fourth-order valence-electron chi connectivity index (χ4n) is 2.50. The molecular weight excluding hydrogens is 237 g/mol. The lowest BCUT2D eigenvalue weighted by Gasteiger charge is -2.23. The Labute approximate surface area is 103 Å². The molecule has 0 amide bonds. The lowest BCUT2D eigenvalue weighted by atomic mass is 9.92. The molecule has 1 heterocycles. The van der Waals surface area contributed by atoms with E-state index in [1.54, 1.807) is 29.1 Å². The molecule has 2 aromatic rings. The molecule has 17 heavy (non-hydrogen) atoms. The molecule has 0 spiro atoms. The molecule has 2 nitrogen and oxygen atoms in total. The molecule has 3 rings (SSSR count). The molecule has 88 valence electrons. The van der Waals surface area contributed by atoms with Gasteiger partial charge in [0.2, 0.25) is 0 Å². The third-order valence-electron chi connectivity index (χ3n) is 3.33. The van der Waals surface area contributed by atoms with Gasteiger partial charge in [-0.15, -0.1) is 11.3 Å². The van der Waals surface area contributed by atoms with Crippen LogP contribution < -0.4 is 0 Å². The second kappa shape index (κ2) is 3.89. The summed E-state index contributed by atoms with van der Waals surface area (Å²) in [5.74, 6) is -0.231. The fourth-order valence-corrected chi connectivity index (χ4v) is 3.20. The van der Waals surface area contributed by atoms with Gasteiger partial charge in [-0.2, -0.15) is 0 Å². The van der Waals surface area contributed by atoms with Gasteiger partial charge in [-0.1, -0.05) is 6.07 Å². The predicted molar refractivity (Wildman–Crippen MR) is 64.4 cm³/mol. The smallest absolute Gasteiger partial charge is 0.123 e. The van der Waals surface area contributed by atoms with E-state index in [9.17, 15) is 9.50 Å².